The van der Waals surface area contributed by atoms with Gasteiger partial charge in [0, 0.05) is 17.4 Å². The number of hydrogen-bond donors (Lipinski definition) is 1. The van der Waals surface area contributed by atoms with Crippen LogP contribution in [0.25, 0.3) is 0 Å². The molecular formula is C22H28ClNO. The maximum absolute atomic E-state index is 10.5. The van der Waals surface area contributed by atoms with Gasteiger partial charge in [0.1, 0.15) is 5.75 Å². The van der Waals surface area contributed by atoms with E-state index in [9.17, 15) is 5.11 Å². The first kappa shape index (κ1) is 18.3. The van der Waals surface area contributed by atoms with Crippen molar-refractivity contribution < 1.29 is 5.11 Å². The molecule has 134 valence electrons. The maximum atomic E-state index is 10.5. The van der Waals surface area contributed by atoms with Crippen LogP contribution in [0.5, 0.6) is 5.75 Å². The number of likely N-dealkylation sites (tertiary alicyclic amines) is 1. The van der Waals surface area contributed by atoms with Gasteiger partial charge in [-0.3, -0.25) is 0 Å². The molecule has 0 radical (unpaired) electrons. The van der Waals surface area contributed by atoms with Gasteiger partial charge >= 0.3 is 0 Å². The van der Waals surface area contributed by atoms with E-state index in [2.05, 4.69) is 42.2 Å². The van der Waals surface area contributed by atoms with Crippen LogP contribution in [0.1, 0.15) is 41.9 Å². The monoisotopic (exact) mass is 357 g/mol. The zero-order chi connectivity index (χ0) is 17.6. The summed E-state index contributed by atoms with van der Waals surface area (Å²) >= 11 is 5.84. The molecule has 1 aliphatic rings. The van der Waals surface area contributed by atoms with Crippen LogP contribution in [0.2, 0.25) is 0 Å². The second-order valence-electron chi connectivity index (χ2n) is 7.17. The van der Waals surface area contributed by atoms with Crippen LogP contribution in [-0.2, 0) is 0 Å². The normalized spacial score (nSPS) is 17.5. The minimum Gasteiger partial charge on any atom is -0.508 e. The zero-order valence-corrected chi connectivity index (χ0v) is 15.8. The Kier molecular flexibility index (Phi) is 6.39. The summed E-state index contributed by atoms with van der Waals surface area (Å²) in [6, 6.07) is 16.6. The van der Waals surface area contributed by atoms with Crippen molar-refractivity contribution in [1.82, 2.24) is 4.90 Å². The lowest BCUT2D eigenvalue weighted by Crippen LogP contribution is -2.36. The molecule has 1 atom stereocenters. The highest BCUT2D eigenvalue weighted by Crippen LogP contribution is 2.41. The number of para-hydroxylation sites is 1. The van der Waals surface area contributed by atoms with Gasteiger partial charge in [0.15, 0.2) is 0 Å². The average molecular weight is 358 g/mol. The van der Waals surface area contributed by atoms with Crippen LogP contribution >= 0.6 is 11.6 Å². The van der Waals surface area contributed by atoms with E-state index in [0.717, 1.165) is 50.3 Å². The quantitative estimate of drug-likeness (QED) is 0.720. The van der Waals surface area contributed by atoms with Crippen molar-refractivity contribution in [3.8, 4) is 5.75 Å². The maximum Gasteiger partial charge on any atom is 0.119 e. The molecule has 25 heavy (non-hydrogen) atoms. The van der Waals surface area contributed by atoms with Gasteiger partial charge in [0.05, 0.1) is 0 Å². The molecule has 0 spiro atoms. The number of aryl methyl sites for hydroxylation is 1. The number of phenols is 1. The lowest BCUT2D eigenvalue weighted by Gasteiger charge is -2.37. The summed E-state index contributed by atoms with van der Waals surface area (Å²) in [4.78, 5) is 2.52. The third-order valence-electron chi connectivity index (χ3n) is 5.38. The Morgan fingerprint density at radius 1 is 1.12 bits per heavy atom. The van der Waals surface area contributed by atoms with Gasteiger partial charge in [0.25, 0.3) is 0 Å². The van der Waals surface area contributed by atoms with Crippen LogP contribution in [0, 0.1) is 12.8 Å². The standard InChI is InChI=1S/C22H28ClNO/c1-17-6-4-7-19(16-17)22(20-8-2-3-9-21(20)25)18-10-14-24(15-11-18)13-5-12-23/h2-4,6-9,16,18,22,25H,5,10-15H2,1H3. The zero-order valence-electron chi connectivity index (χ0n) is 15.0. The largest absolute Gasteiger partial charge is 0.508 e. The van der Waals surface area contributed by atoms with E-state index in [1.165, 1.54) is 11.1 Å². The summed E-state index contributed by atoms with van der Waals surface area (Å²) in [6.45, 7) is 5.48. The van der Waals surface area contributed by atoms with E-state index in [0.29, 0.717) is 11.7 Å². The van der Waals surface area contributed by atoms with Gasteiger partial charge in [-0.1, -0.05) is 48.0 Å². The van der Waals surface area contributed by atoms with E-state index in [4.69, 9.17) is 11.6 Å². The van der Waals surface area contributed by atoms with Crippen molar-refractivity contribution in [3.63, 3.8) is 0 Å². The molecule has 0 aliphatic carbocycles. The van der Waals surface area contributed by atoms with Gasteiger partial charge in [-0.25, -0.2) is 0 Å². The fourth-order valence-corrected chi connectivity index (χ4v) is 4.23. The summed E-state index contributed by atoms with van der Waals surface area (Å²) in [5, 5.41) is 10.5. The number of benzene rings is 2. The first-order chi connectivity index (χ1) is 12.2. The Morgan fingerprint density at radius 3 is 2.56 bits per heavy atom. The summed E-state index contributed by atoms with van der Waals surface area (Å²) in [5.74, 6) is 1.97. The van der Waals surface area contributed by atoms with Crippen molar-refractivity contribution in [2.45, 2.75) is 32.1 Å². The highest BCUT2D eigenvalue weighted by molar-refractivity contribution is 6.17. The van der Waals surface area contributed by atoms with Crippen molar-refractivity contribution >= 4 is 11.6 Å². The number of aromatic hydroxyl groups is 1. The summed E-state index contributed by atoms with van der Waals surface area (Å²) < 4.78 is 0. The fraction of sp³-hybridized carbons (Fsp3) is 0.455. The van der Waals surface area contributed by atoms with E-state index in [-0.39, 0.29) is 5.92 Å². The molecule has 1 aliphatic heterocycles. The first-order valence-corrected chi connectivity index (χ1v) is 9.85. The predicted molar refractivity (Wildman–Crippen MR) is 106 cm³/mol. The third kappa shape index (κ3) is 4.56. The molecule has 3 rings (SSSR count). The molecule has 0 amide bonds. The summed E-state index contributed by atoms with van der Waals surface area (Å²) in [7, 11) is 0. The number of hydrogen-bond acceptors (Lipinski definition) is 2. The number of nitrogens with zero attached hydrogens (tertiary/aromatic N) is 1. The molecule has 1 saturated heterocycles. The fourth-order valence-electron chi connectivity index (χ4n) is 4.11. The lowest BCUT2D eigenvalue weighted by molar-refractivity contribution is 0.175. The van der Waals surface area contributed by atoms with Gasteiger partial charge in [-0.15, -0.1) is 11.6 Å². The first-order valence-electron chi connectivity index (χ1n) is 9.32. The minimum atomic E-state index is 0.260. The van der Waals surface area contributed by atoms with Crippen molar-refractivity contribution in [1.29, 1.82) is 0 Å². The van der Waals surface area contributed by atoms with Gasteiger partial charge in [-0.2, -0.15) is 0 Å². The lowest BCUT2D eigenvalue weighted by atomic mass is 9.75. The predicted octanol–water partition coefficient (Wildman–Crippen LogP) is 5.17. The Balaban J connectivity index is 1.84. The van der Waals surface area contributed by atoms with E-state index in [1.54, 1.807) is 0 Å². The average Bonchev–Trinajstić information content (AvgIpc) is 2.63. The van der Waals surface area contributed by atoms with Crippen molar-refractivity contribution in [3.05, 3.63) is 65.2 Å². The number of piperidine rings is 1. The van der Waals surface area contributed by atoms with Crippen LogP contribution < -0.4 is 0 Å². The van der Waals surface area contributed by atoms with Crippen molar-refractivity contribution in [2.75, 3.05) is 25.5 Å². The molecule has 0 saturated carbocycles. The Labute approximate surface area is 156 Å². The van der Waals surface area contributed by atoms with E-state index >= 15 is 0 Å². The second kappa shape index (κ2) is 8.73. The summed E-state index contributed by atoms with van der Waals surface area (Å²) in [5.41, 5.74) is 3.66. The van der Waals surface area contributed by atoms with Crippen LogP contribution in [0.3, 0.4) is 0 Å². The number of alkyl halides is 1. The molecule has 2 aromatic rings. The molecule has 1 heterocycles. The molecule has 1 N–H and O–H groups in total. The molecule has 3 heteroatoms. The Morgan fingerprint density at radius 2 is 1.88 bits per heavy atom. The second-order valence-corrected chi connectivity index (χ2v) is 7.55. The Hall–Kier alpha value is -1.51. The number of rotatable bonds is 6. The van der Waals surface area contributed by atoms with E-state index < -0.39 is 0 Å². The van der Waals surface area contributed by atoms with Gasteiger partial charge in [0.2, 0.25) is 0 Å². The molecule has 2 aromatic carbocycles. The Bertz CT molecular complexity index is 679. The van der Waals surface area contributed by atoms with E-state index in [1.807, 2.05) is 18.2 Å². The topological polar surface area (TPSA) is 23.5 Å². The number of halogens is 1. The van der Waals surface area contributed by atoms with Crippen molar-refractivity contribution in [2.24, 2.45) is 5.92 Å². The third-order valence-corrected chi connectivity index (χ3v) is 5.65. The molecule has 1 fully saturated rings. The summed E-state index contributed by atoms with van der Waals surface area (Å²) in [6.07, 6.45) is 3.39. The highest BCUT2D eigenvalue weighted by atomic mass is 35.5. The smallest absolute Gasteiger partial charge is 0.119 e. The molecular weight excluding hydrogens is 330 g/mol. The molecule has 0 bridgehead atoms. The highest BCUT2D eigenvalue weighted by Gasteiger charge is 2.30. The van der Waals surface area contributed by atoms with Crippen LogP contribution in [0.15, 0.2) is 48.5 Å². The van der Waals surface area contributed by atoms with Crippen LogP contribution in [0.4, 0.5) is 0 Å². The molecule has 2 nitrogen and oxygen atoms in total. The number of phenolic OH excluding ortho intramolecular Hbond substituents is 1. The van der Waals surface area contributed by atoms with Gasteiger partial charge < -0.3 is 10.0 Å². The SMILES string of the molecule is Cc1cccc(C(c2ccccc2O)C2CCN(CCCCl)CC2)c1. The van der Waals surface area contributed by atoms with Crippen LogP contribution in [-0.4, -0.2) is 35.5 Å². The van der Waals surface area contributed by atoms with Gasteiger partial charge in [-0.05, 0) is 63.4 Å². The minimum absolute atomic E-state index is 0.260. The molecule has 0 aromatic heterocycles. The molecule has 1 unspecified atom stereocenters.